The molecule has 0 radical (unpaired) electrons. The summed E-state index contributed by atoms with van der Waals surface area (Å²) in [7, 11) is 0. The Balaban J connectivity index is 1.40. The molecule has 0 amide bonds. The van der Waals surface area contributed by atoms with Crippen LogP contribution in [0.5, 0.6) is 11.8 Å². The van der Waals surface area contributed by atoms with E-state index < -0.39 is 35.5 Å². The van der Waals surface area contributed by atoms with Crippen molar-refractivity contribution in [3.05, 3.63) is 46.6 Å². The minimum atomic E-state index is -0.938. The molecule has 42 heavy (non-hydrogen) atoms. The summed E-state index contributed by atoms with van der Waals surface area (Å²) in [5, 5.41) is 24.8. The Kier molecular flexibility index (Phi) is 6.59. The van der Waals surface area contributed by atoms with Crippen molar-refractivity contribution < 1.29 is 28.1 Å². The van der Waals surface area contributed by atoms with Crippen LogP contribution < -0.4 is 10.1 Å². The van der Waals surface area contributed by atoms with Crippen molar-refractivity contribution in [2.24, 2.45) is 0 Å². The predicted octanol–water partition coefficient (Wildman–Crippen LogP) is 5.54. The number of fused-ring (bicyclic) bond motifs is 2. The van der Waals surface area contributed by atoms with Crippen molar-refractivity contribution in [2.75, 3.05) is 25.0 Å². The minimum Gasteiger partial charge on any atom is -0.508 e. The topological polar surface area (TPSA) is 104 Å². The van der Waals surface area contributed by atoms with Gasteiger partial charge >= 0.3 is 6.01 Å². The van der Waals surface area contributed by atoms with Gasteiger partial charge in [0.25, 0.3) is 0 Å². The fourth-order valence-electron chi connectivity index (χ4n) is 6.87. The Morgan fingerprint density at radius 3 is 2.86 bits per heavy atom. The summed E-state index contributed by atoms with van der Waals surface area (Å²) in [4.78, 5) is 15.8. The van der Waals surface area contributed by atoms with E-state index in [1.807, 2.05) is 0 Å². The van der Waals surface area contributed by atoms with E-state index in [1.54, 1.807) is 6.92 Å². The van der Waals surface area contributed by atoms with Crippen molar-refractivity contribution in [3.8, 4) is 23.0 Å². The van der Waals surface area contributed by atoms with Gasteiger partial charge in [0.15, 0.2) is 5.82 Å². The summed E-state index contributed by atoms with van der Waals surface area (Å²) in [6.45, 7) is 2.95. The molecule has 5 heterocycles. The molecule has 2 fully saturated rings. The molecular weight excluding hydrogens is 571 g/mol. The molecular formula is C30H29ClF3N5O3. The van der Waals surface area contributed by atoms with E-state index in [4.69, 9.17) is 16.3 Å². The number of aryl methyl sites for hydroxylation is 1. The molecule has 0 spiro atoms. The van der Waals surface area contributed by atoms with Crippen molar-refractivity contribution in [1.29, 1.82) is 0 Å². The van der Waals surface area contributed by atoms with Gasteiger partial charge < -0.3 is 20.3 Å². The highest BCUT2D eigenvalue weighted by Crippen LogP contribution is 2.43. The number of halogens is 4. The Bertz CT molecular complexity index is 1740. The summed E-state index contributed by atoms with van der Waals surface area (Å²) >= 11 is 6.36. The zero-order chi connectivity index (χ0) is 29.3. The van der Waals surface area contributed by atoms with Gasteiger partial charge in [0.2, 0.25) is 0 Å². The van der Waals surface area contributed by atoms with Crippen molar-refractivity contribution in [3.63, 3.8) is 0 Å². The van der Waals surface area contributed by atoms with Gasteiger partial charge in [-0.05, 0) is 62.7 Å². The van der Waals surface area contributed by atoms with Crippen LogP contribution in [-0.4, -0.2) is 73.6 Å². The molecule has 4 aromatic rings. The zero-order valence-electron chi connectivity index (χ0n) is 22.8. The fraction of sp³-hybridized carbons (Fsp3) is 0.433. The highest BCUT2D eigenvalue weighted by atomic mass is 35.5. The van der Waals surface area contributed by atoms with Gasteiger partial charge in [0.05, 0.1) is 33.8 Å². The van der Waals surface area contributed by atoms with E-state index >= 15 is 4.39 Å². The van der Waals surface area contributed by atoms with E-state index in [0.29, 0.717) is 42.3 Å². The summed E-state index contributed by atoms with van der Waals surface area (Å²) in [6.07, 6.45) is 1.20. The van der Waals surface area contributed by atoms with Crippen LogP contribution in [0.15, 0.2) is 24.3 Å². The van der Waals surface area contributed by atoms with Crippen molar-refractivity contribution >= 4 is 39.1 Å². The number of hydrogen-bond acceptors (Lipinski definition) is 8. The lowest BCUT2D eigenvalue weighted by Crippen LogP contribution is -2.43. The third kappa shape index (κ3) is 4.40. The van der Waals surface area contributed by atoms with Crippen LogP contribution in [0.25, 0.3) is 32.9 Å². The van der Waals surface area contributed by atoms with Gasteiger partial charge in [-0.2, -0.15) is 9.97 Å². The summed E-state index contributed by atoms with van der Waals surface area (Å²) in [6, 6.07) is 4.84. The van der Waals surface area contributed by atoms with Crippen molar-refractivity contribution in [1.82, 2.24) is 19.9 Å². The molecule has 2 aromatic heterocycles. The molecule has 7 rings (SSSR count). The normalized spacial score (nSPS) is 24.5. The number of aliphatic hydroxyl groups excluding tert-OH is 1. The monoisotopic (exact) mass is 599 g/mol. The van der Waals surface area contributed by atoms with Crippen molar-refractivity contribution in [2.45, 2.75) is 62.9 Å². The van der Waals surface area contributed by atoms with Crippen LogP contribution in [-0.2, 0) is 6.42 Å². The van der Waals surface area contributed by atoms with Crippen LogP contribution in [0, 0.1) is 11.6 Å². The Labute approximate surface area is 244 Å². The number of nitrogens with one attached hydrogen (secondary N) is 1. The first kappa shape index (κ1) is 27.4. The number of anilines is 1. The number of ether oxygens (including phenoxy) is 1. The molecule has 3 aliphatic rings. The first-order chi connectivity index (χ1) is 20.1. The standard InChI is InChI=1S/C30H29ClF3N5O3/c1-14(40)20-5-6-21-23-27(25(34)26(35-21)18-10-17(41)9-15-3-4-19(33)24(31)22(15)18)37-29(38-28(23)36-20)42-13-30-7-2-8-39(30)12-16(32)11-30/h3-4,9-10,14,16,20,40-41H,2,5-8,11-13H2,1H3,(H,36,37,38)/t14-,16-,20-,30+/m1/s1. The molecule has 0 unspecified atom stereocenters. The number of aromatic nitrogens is 3. The van der Waals surface area contributed by atoms with Crippen LogP contribution in [0.4, 0.5) is 19.0 Å². The van der Waals surface area contributed by atoms with Gasteiger partial charge in [-0.1, -0.05) is 17.7 Å². The van der Waals surface area contributed by atoms with E-state index in [2.05, 4.69) is 25.2 Å². The molecule has 0 bridgehead atoms. The number of nitrogens with zero attached hydrogens (tertiary/aromatic N) is 4. The molecule has 2 aromatic carbocycles. The SMILES string of the molecule is C[C@@H](O)[C@H]1CCc2nc(-c3cc(O)cc4ccc(F)c(Cl)c34)c(F)c3nc(OC[C@@]45CCCN4C[C@H](F)C5)nc(c23)N1. The largest absolute Gasteiger partial charge is 0.508 e. The summed E-state index contributed by atoms with van der Waals surface area (Å²) in [5.74, 6) is -1.41. The molecule has 3 aliphatic heterocycles. The zero-order valence-corrected chi connectivity index (χ0v) is 23.6. The Morgan fingerprint density at radius 2 is 2.05 bits per heavy atom. The fourth-order valence-corrected chi connectivity index (χ4v) is 7.14. The molecule has 220 valence electrons. The van der Waals surface area contributed by atoms with Crippen LogP contribution in [0.1, 0.15) is 38.3 Å². The number of aromatic hydroxyl groups is 1. The van der Waals surface area contributed by atoms with Gasteiger partial charge in [-0.15, -0.1) is 0 Å². The molecule has 8 nitrogen and oxygen atoms in total. The van der Waals surface area contributed by atoms with Crippen LogP contribution >= 0.6 is 11.6 Å². The predicted molar refractivity (Wildman–Crippen MR) is 153 cm³/mol. The smallest absolute Gasteiger partial charge is 0.319 e. The highest BCUT2D eigenvalue weighted by molar-refractivity contribution is 6.37. The lowest BCUT2D eigenvalue weighted by molar-refractivity contribution is 0.107. The Morgan fingerprint density at radius 1 is 1.21 bits per heavy atom. The van der Waals surface area contributed by atoms with Crippen LogP contribution in [0.3, 0.4) is 0 Å². The summed E-state index contributed by atoms with van der Waals surface area (Å²) < 4.78 is 51.6. The van der Waals surface area contributed by atoms with E-state index in [0.717, 1.165) is 19.4 Å². The molecule has 4 atom stereocenters. The first-order valence-electron chi connectivity index (χ1n) is 14.1. The lowest BCUT2D eigenvalue weighted by atomic mass is 9.95. The Hall–Kier alpha value is -3.41. The molecule has 2 saturated heterocycles. The maximum absolute atomic E-state index is 16.6. The third-order valence-corrected chi connectivity index (χ3v) is 9.28. The number of rotatable bonds is 5. The quantitative estimate of drug-likeness (QED) is 0.275. The van der Waals surface area contributed by atoms with E-state index in [1.165, 1.54) is 24.3 Å². The maximum atomic E-state index is 16.6. The number of phenols is 1. The van der Waals surface area contributed by atoms with E-state index in [9.17, 15) is 19.0 Å². The van der Waals surface area contributed by atoms with Gasteiger partial charge in [-0.25, -0.2) is 18.2 Å². The summed E-state index contributed by atoms with van der Waals surface area (Å²) in [5.41, 5.74) is -0.116. The second-order valence-electron chi connectivity index (χ2n) is 11.6. The minimum absolute atomic E-state index is 0.0756. The van der Waals surface area contributed by atoms with Gasteiger partial charge in [0.1, 0.15) is 41.4 Å². The van der Waals surface area contributed by atoms with Crippen LogP contribution in [0.2, 0.25) is 5.02 Å². The van der Waals surface area contributed by atoms with Gasteiger partial charge in [-0.3, -0.25) is 4.90 Å². The average Bonchev–Trinajstić information content (AvgIpc) is 3.40. The second kappa shape index (κ2) is 10.1. The average molecular weight is 600 g/mol. The number of pyridine rings is 1. The van der Waals surface area contributed by atoms with Gasteiger partial charge in [0, 0.05) is 23.9 Å². The number of alkyl halides is 1. The second-order valence-corrected chi connectivity index (χ2v) is 12.0. The number of phenolic OH excluding ortho intramolecular Hbond substituents is 1. The highest BCUT2D eigenvalue weighted by Gasteiger charge is 2.49. The third-order valence-electron chi connectivity index (χ3n) is 8.91. The first-order valence-corrected chi connectivity index (χ1v) is 14.5. The number of aliphatic hydroxyl groups is 1. The molecule has 3 N–H and O–H groups in total. The molecule has 0 aliphatic carbocycles. The molecule has 0 saturated carbocycles. The van der Waals surface area contributed by atoms with E-state index in [-0.39, 0.29) is 51.4 Å². The molecule has 12 heteroatoms. The lowest BCUT2D eigenvalue weighted by Gasteiger charge is -2.30. The number of benzene rings is 2. The number of hydrogen-bond donors (Lipinski definition) is 3. The maximum Gasteiger partial charge on any atom is 0.319 e.